The average Bonchev–Trinajstić information content (AvgIpc) is 2.77. The van der Waals surface area contributed by atoms with E-state index in [2.05, 4.69) is 25.8 Å². The highest BCUT2D eigenvalue weighted by molar-refractivity contribution is 5.95. The van der Waals surface area contributed by atoms with Crippen LogP contribution in [-0.2, 0) is 4.79 Å². The van der Waals surface area contributed by atoms with Crippen molar-refractivity contribution in [2.24, 2.45) is 4.99 Å². The van der Waals surface area contributed by atoms with Crippen molar-refractivity contribution in [1.29, 1.82) is 0 Å². The van der Waals surface area contributed by atoms with Crippen molar-refractivity contribution in [2.45, 2.75) is 19.4 Å². The maximum absolute atomic E-state index is 14.7. The normalized spacial score (nSPS) is 17.7. The van der Waals surface area contributed by atoms with Crippen LogP contribution in [0, 0.1) is 5.82 Å². The van der Waals surface area contributed by atoms with Gasteiger partial charge in [0.25, 0.3) is 5.91 Å². The number of guanidine groups is 1. The van der Waals surface area contributed by atoms with E-state index in [1.54, 1.807) is 19.1 Å². The number of aliphatic carboxylic acids is 1. The van der Waals surface area contributed by atoms with Crippen LogP contribution < -0.4 is 20.9 Å². The van der Waals surface area contributed by atoms with E-state index in [0.29, 0.717) is 25.3 Å². The third kappa shape index (κ3) is 5.38. The number of likely N-dealkylation sites (N-methyl/N-ethyl adjacent to an activating group) is 1. The van der Waals surface area contributed by atoms with Gasteiger partial charge in [-0.1, -0.05) is 6.92 Å². The SMILES string of the molecule is CCN[C@@H](CNC(=O)c1ccc(N2CCN(C3=NCCCN3)CC2)c(F)c1)C(=O)O. The van der Waals surface area contributed by atoms with E-state index in [-0.39, 0.29) is 12.1 Å². The molecule has 0 unspecified atom stereocenters. The molecule has 2 aliphatic rings. The second-order valence-corrected chi connectivity index (χ2v) is 7.28. The van der Waals surface area contributed by atoms with Gasteiger partial charge < -0.3 is 30.9 Å². The molecule has 1 atom stereocenters. The quantitative estimate of drug-likeness (QED) is 0.495. The summed E-state index contributed by atoms with van der Waals surface area (Å²) in [6.45, 7) is 6.74. The van der Waals surface area contributed by atoms with E-state index < -0.39 is 23.7 Å². The first-order valence-corrected chi connectivity index (χ1v) is 10.3. The Kier molecular flexibility index (Phi) is 7.45. The Morgan fingerprint density at radius 2 is 2.00 bits per heavy atom. The summed E-state index contributed by atoms with van der Waals surface area (Å²) in [4.78, 5) is 32.1. The molecule has 30 heavy (non-hydrogen) atoms. The van der Waals surface area contributed by atoms with Crippen LogP contribution in [0.4, 0.5) is 10.1 Å². The lowest BCUT2D eigenvalue weighted by Gasteiger charge is -2.38. The molecule has 0 saturated carbocycles. The molecule has 3 rings (SSSR count). The number of hydrogen-bond donors (Lipinski definition) is 4. The summed E-state index contributed by atoms with van der Waals surface area (Å²) in [6.07, 6.45) is 1.04. The number of benzene rings is 1. The van der Waals surface area contributed by atoms with Crippen LogP contribution in [0.25, 0.3) is 0 Å². The van der Waals surface area contributed by atoms with Crippen molar-refractivity contribution in [2.75, 3.05) is 57.3 Å². The van der Waals surface area contributed by atoms with Gasteiger partial charge in [-0.3, -0.25) is 14.6 Å². The molecule has 1 fully saturated rings. The predicted molar refractivity (Wildman–Crippen MR) is 113 cm³/mol. The number of hydrogen-bond acceptors (Lipinski definition) is 7. The molecule has 0 spiro atoms. The van der Waals surface area contributed by atoms with Crippen LogP contribution >= 0.6 is 0 Å². The fraction of sp³-hybridized carbons (Fsp3) is 0.550. The molecular formula is C20H29FN6O3. The number of aliphatic imine (C=N–C) groups is 1. The molecule has 164 valence electrons. The van der Waals surface area contributed by atoms with Crippen LogP contribution in [0.2, 0.25) is 0 Å². The zero-order valence-electron chi connectivity index (χ0n) is 17.2. The van der Waals surface area contributed by atoms with Crippen molar-refractivity contribution in [3.8, 4) is 0 Å². The van der Waals surface area contributed by atoms with Crippen LogP contribution in [-0.4, -0.2) is 86.2 Å². The lowest BCUT2D eigenvalue weighted by atomic mass is 10.1. The summed E-state index contributed by atoms with van der Waals surface area (Å²) in [5.41, 5.74) is 0.622. The van der Waals surface area contributed by atoms with Crippen molar-refractivity contribution in [3.05, 3.63) is 29.6 Å². The lowest BCUT2D eigenvalue weighted by molar-refractivity contribution is -0.139. The summed E-state index contributed by atoms with van der Waals surface area (Å²) in [5, 5.41) is 17.7. The largest absolute Gasteiger partial charge is 0.480 e. The summed E-state index contributed by atoms with van der Waals surface area (Å²) in [6, 6.07) is 3.49. The number of carboxylic acid groups (broad SMARTS) is 1. The number of halogens is 1. The number of piperazine rings is 1. The molecule has 1 amide bonds. The average molecular weight is 420 g/mol. The van der Waals surface area contributed by atoms with Crippen molar-refractivity contribution >= 4 is 23.5 Å². The van der Waals surface area contributed by atoms with Crippen molar-refractivity contribution in [1.82, 2.24) is 20.9 Å². The van der Waals surface area contributed by atoms with Crippen LogP contribution in [0.5, 0.6) is 0 Å². The van der Waals surface area contributed by atoms with Crippen molar-refractivity contribution < 1.29 is 19.1 Å². The predicted octanol–water partition coefficient (Wildman–Crippen LogP) is 0.0895. The highest BCUT2D eigenvalue weighted by Gasteiger charge is 2.23. The number of carbonyl (C=O) groups excluding carboxylic acids is 1. The minimum atomic E-state index is -1.05. The van der Waals surface area contributed by atoms with E-state index in [9.17, 15) is 14.0 Å². The fourth-order valence-electron chi connectivity index (χ4n) is 3.59. The molecule has 1 aromatic rings. The molecule has 0 aliphatic carbocycles. The maximum atomic E-state index is 14.7. The zero-order valence-corrected chi connectivity index (χ0v) is 17.2. The molecule has 0 bridgehead atoms. The van der Waals surface area contributed by atoms with Crippen LogP contribution in [0.15, 0.2) is 23.2 Å². The smallest absolute Gasteiger partial charge is 0.322 e. The van der Waals surface area contributed by atoms with E-state index in [0.717, 1.165) is 38.6 Å². The minimum absolute atomic E-state index is 0.0781. The monoisotopic (exact) mass is 420 g/mol. The first kappa shape index (κ1) is 21.8. The van der Waals surface area contributed by atoms with E-state index in [4.69, 9.17) is 5.11 Å². The third-order valence-electron chi connectivity index (χ3n) is 5.22. The molecule has 2 heterocycles. The minimum Gasteiger partial charge on any atom is -0.480 e. The van der Waals surface area contributed by atoms with E-state index in [1.807, 2.05) is 4.90 Å². The Morgan fingerprint density at radius 3 is 2.60 bits per heavy atom. The lowest BCUT2D eigenvalue weighted by Crippen LogP contribution is -2.53. The Labute approximate surface area is 175 Å². The van der Waals surface area contributed by atoms with Crippen LogP contribution in [0.1, 0.15) is 23.7 Å². The fourth-order valence-corrected chi connectivity index (χ4v) is 3.59. The third-order valence-corrected chi connectivity index (χ3v) is 5.22. The molecule has 10 heteroatoms. The Morgan fingerprint density at radius 1 is 1.27 bits per heavy atom. The van der Waals surface area contributed by atoms with Gasteiger partial charge in [-0.2, -0.15) is 0 Å². The van der Waals surface area contributed by atoms with E-state index in [1.165, 1.54) is 6.07 Å². The first-order valence-electron chi connectivity index (χ1n) is 10.3. The number of carbonyl (C=O) groups is 2. The van der Waals surface area contributed by atoms with E-state index >= 15 is 0 Å². The van der Waals surface area contributed by atoms with Gasteiger partial charge in [0.15, 0.2) is 5.96 Å². The highest BCUT2D eigenvalue weighted by Crippen LogP contribution is 2.22. The molecule has 9 nitrogen and oxygen atoms in total. The Bertz CT molecular complexity index is 795. The maximum Gasteiger partial charge on any atom is 0.322 e. The molecule has 1 saturated heterocycles. The molecule has 4 N–H and O–H groups in total. The standard InChI is InChI=1S/C20H29FN6O3/c1-2-22-16(19(29)30)13-25-18(28)14-4-5-17(15(21)12-14)26-8-10-27(11-9-26)20-23-6-3-7-24-20/h4-5,12,16,22H,2-3,6-11,13H2,1H3,(H,23,24)(H,25,28)(H,29,30)/t16-/m0/s1. The van der Waals surface area contributed by atoms with Gasteiger partial charge in [-0.25, -0.2) is 4.39 Å². The number of nitrogens with zero attached hydrogens (tertiary/aromatic N) is 3. The molecule has 2 aliphatic heterocycles. The van der Waals surface area contributed by atoms with Gasteiger partial charge in [0.1, 0.15) is 11.9 Å². The van der Waals surface area contributed by atoms with Crippen molar-refractivity contribution in [3.63, 3.8) is 0 Å². The molecule has 0 aromatic heterocycles. The van der Waals surface area contributed by atoms with Crippen LogP contribution in [0.3, 0.4) is 0 Å². The Hall–Kier alpha value is -2.88. The topological polar surface area (TPSA) is 109 Å². The van der Waals surface area contributed by atoms with Gasteiger partial charge >= 0.3 is 5.97 Å². The molecule has 0 radical (unpaired) electrons. The van der Waals surface area contributed by atoms with Gasteiger partial charge in [0, 0.05) is 51.4 Å². The van der Waals surface area contributed by atoms with Gasteiger partial charge in [-0.05, 0) is 31.2 Å². The summed E-state index contributed by atoms with van der Waals surface area (Å²) in [7, 11) is 0. The highest BCUT2D eigenvalue weighted by atomic mass is 19.1. The zero-order chi connectivity index (χ0) is 21.5. The van der Waals surface area contributed by atoms with Gasteiger partial charge in [0.2, 0.25) is 0 Å². The molecule has 1 aromatic carbocycles. The number of rotatable bonds is 7. The summed E-state index contributed by atoms with van der Waals surface area (Å²) < 4.78 is 14.7. The number of amides is 1. The summed E-state index contributed by atoms with van der Waals surface area (Å²) >= 11 is 0. The Balaban J connectivity index is 1.56. The van der Waals surface area contributed by atoms with Gasteiger partial charge in [-0.15, -0.1) is 0 Å². The number of anilines is 1. The second kappa shape index (κ2) is 10.2. The second-order valence-electron chi connectivity index (χ2n) is 7.28. The number of carboxylic acids is 1. The summed E-state index contributed by atoms with van der Waals surface area (Å²) in [5.74, 6) is -1.10. The number of nitrogens with one attached hydrogen (secondary N) is 3. The van der Waals surface area contributed by atoms with Gasteiger partial charge in [0.05, 0.1) is 5.69 Å². The molecular weight excluding hydrogens is 391 g/mol. The first-order chi connectivity index (χ1) is 14.5.